The van der Waals surface area contributed by atoms with Gasteiger partial charge in [-0.25, -0.2) is 4.79 Å². The summed E-state index contributed by atoms with van der Waals surface area (Å²) in [6.45, 7) is 5.20. The van der Waals surface area contributed by atoms with Crippen LogP contribution in [0, 0.1) is 5.92 Å². The van der Waals surface area contributed by atoms with E-state index in [0.29, 0.717) is 19.1 Å². The first-order valence-corrected chi connectivity index (χ1v) is 6.20. The number of carbonyl (C=O) groups is 1. The third-order valence-corrected chi connectivity index (χ3v) is 2.31. The molecule has 18 heavy (non-hydrogen) atoms. The molecule has 7 heteroatoms. The van der Waals surface area contributed by atoms with Crippen LogP contribution in [-0.4, -0.2) is 36.0 Å². The Kier molecular flexibility index (Phi) is 6.32. The van der Waals surface area contributed by atoms with E-state index in [1.165, 1.54) is 6.07 Å². The molecular weight excluding hydrogens is 279 g/mol. The number of esters is 1. The Morgan fingerprint density at radius 3 is 2.72 bits per heavy atom. The first-order valence-electron chi connectivity index (χ1n) is 5.44. The Hall–Kier alpha value is -0.910. The number of ether oxygens (including phenoxy) is 2. The van der Waals surface area contributed by atoms with Gasteiger partial charge in [0.1, 0.15) is 12.2 Å². The van der Waals surface area contributed by atoms with Crippen LogP contribution < -0.4 is 0 Å². The Balaban J connectivity index is 2.39. The van der Waals surface area contributed by atoms with Crippen LogP contribution in [0.15, 0.2) is 6.07 Å². The highest BCUT2D eigenvalue weighted by Gasteiger charge is 2.14. The molecule has 0 atom stereocenters. The molecule has 100 valence electrons. The largest absolute Gasteiger partial charge is 0.460 e. The van der Waals surface area contributed by atoms with Gasteiger partial charge in [0.2, 0.25) is 0 Å². The van der Waals surface area contributed by atoms with Crippen molar-refractivity contribution in [1.82, 2.24) is 10.2 Å². The molecule has 0 fully saturated rings. The van der Waals surface area contributed by atoms with Crippen LogP contribution in [0.4, 0.5) is 0 Å². The smallest absolute Gasteiger partial charge is 0.341 e. The number of hydrogen-bond donors (Lipinski definition) is 0. The topological polar surface area (TPSA) is 61.3 Å². The van der Waals surface area contributed by atoms with Gasteiger partial charge in [-0.2, -0.15) is 0 Å². The lowest BCUT2D eigenvalue weighted by Crippen LogP contribution is -2.13. The van der Waals surface area contributed by atoms with Gasteiger partial charge in [-0.05, 0) is 12.0 Å². The molecule has 0 amide bonds. The van der Waals surface area contributed by atoms with Crippen LogP contribution in [0.25, 0.3) is 0 Å². The van der Waals surface area contributed by atoms with Gasteiger partial charge < -0.3 is 9.47 Å². The van der Waals surface area contributed by atoms with E-state index in [1.807, 2.05) is 13.8 Å². The fraction of sp³-hybridized carbons (Fsp3) is 0.545. The first-order chi connectivity index (χ1) is 8.50. The SMILES string of the molecule is CC(C)COCCOC(=O)c1cc(Cl)nnc1Cl. The molecule has 0 N–H and O–H groups in total. The zero-order valence-corrected chi connectivity index (χ0v) is 11.7. The third-order valence-electron chi connectivity index (χ3n) is 1.85. The van der Waals surface area contributed by atoms with Crippen molar-refractivity contribution in [2.75, 3.05) is 19.8 Å². The van der Waals surface area contributed by atoms with Gasteiger partial charge in [-0.15, -0.1) is 10.2 Å². The van der Waals surface area contributed by atoms with Gasteiger partial charge in [0.15, 0.2) is 10.3 Å². The van der Waals surface area contributed by atoms with E-state index in [9.17, 15) is 4.79 Å². The van der Waals surface area contributed by atoms with Crippen LogP contribution in [-0.2, 0) is 9.47 Å². The Bertz CT molecular complexity index is 413. The van der Waals surface area contributed by atoms with E-state index in [2.05, 4.69) is 10.2 Å². The fourth-order valence-corrected chi connectivity index (χ4v) is 1.40. The van der Waals surface area contributed by atoms with Crippen molar-refractivity contribution in [2.24, 2.45) is 5.92 Å². The van der Waals surface area contributed by atoms with Crippen molar-refractivity contribution in [3.63, 3.8) is 0 Å². The molecule has 0 aliphatic carbocycles. The summed E-state index contributed by atoms with van der Waals surface area (Å²) in [7, 11) is 0. The molecule has 0 bridgehead atoms. The van der Waals surface area contributed by atoms with Gasteiger partial charge in [0, 0.05) is 6.61 Å². The van der Waals surface area contributed by atoms with Gasteiger partial charge in [-0.1, -0.05) is 37.0 Å². The summed E-state index contributed by atoms with van der Waals surface area (Å²) in [5, 5.41) is 7.07. The average Bonchev–Trinajstić information content (AvgIpc) is 2.31. The van der Waals surface area contributed by atoms with Crippen LogP contribution in [0.3, 0.4) is 0 Å². The molecule has 1 rings (SSSR count). The molecule has 1 aromatic heterocycles. The summed E-state index contributed by atoms with van der Waals surface area (Å²) in [5.41, 5.74) is 0.0977. The minimum atomic E-state index is -0.593. The van der Waals surface area contributed by atoms with Crippen molar-refractivity contribution >= 4 is 29.2 Å². The van der Waals surface area contributed by atoms with E-state index in [1.54, 1.807) is 0 Å². The third kappa shape index (κ3) is 5.16. The zero-order chi connectivity index (χ0) is 13.5. The minimum absolute atomic E-state index is 0.0347. The van der Waals surface area contributed by atoms with Gasteiger partial charge in [0.25, 0.3) is 0 Å². The number of halogens is 2. The standard InChI is InChI=1S/C11H14Cl2N2O3/c1-7(2)6-17-3-4-18-11(16)8-5-9(12)14-15-10(8)13/h5,7H,3-4,6H2,1-2H3. The molecule has 0 aromatic carbocycles. The maximum atomic E-state index is 11.6. The highest BCUT2D eigenvalue weighted by Crippen LogP contribution is 2.16. The Morgan fingerprint density at radius 2 is 2.06 bits per heavy atom. The van der Waals surface area contributed by atoms with Crippen molar-refractivity contribution in [3.05, 3.63) is 21.9 Å². The second-order valence-corrected chi connectivity index (χ2v) is 4.72. The Morgan fingerprint density at radius 1 is 1.33 bits per heavy atom. The molecule has 1 aromatic rings. The number of carbonyl (C=O) groups excluding carboxylic acids is 1. The maximum absolute atomic E-state index is 11.6. The summed E-state index contributed by atoms with van der Waals surface area (Å²) >= 11 is 11.3. The molecule has 0 saturated heterocycles. The van der Waals surface area contributed by atoms with E-state index in [0.717, 1.165) is 0 Å². The summed E-state index contributed by atoms with van der Waals surface area (Å²) in [6, 6.07) is 1.31. The predicted molar refractivity (Wildman–Crippen MR) is 68.0 cm³/mol. The second-order valence-electron chi connectivity index (χ2n) is 3.98. The van der Waals surface area contributed by atoms with E-state index < -0.39 is 5.97 Å². The van der Waals surface area contributed by atoms with Crippen molar-refractivity contribution in [1.29, 1.82) is 0 Å². The maximum Gasteiger partial charge on any atom is 0.341 e. The number of hydrogen-bond acceptors (Lipinski definition) is 5. The molecule has 0 radical (unpaired) electrons. The monoisotopic (exact) mass is 292 g/mol. The summed E-state index contributed by atoms with van der Waals surface area (Å²) in [5.74, 6) is -0.150. The molecule has 5 nitrogen and oxygen atoms in total. The van der Waals surface area contributed by atoms with Crippen LogP contribution in [0.1, 0.15) is 24.2 Å². The molecule has 0 spiro atoms. The van der Waals surface area contributed by atoms with E-state index in [4.69, 9.17) is 32.7 Å². The lowest BCUT2D eigenvalue weighted by atomic mass is 10.2. The minimum Gasteiger partial charge on any atom is -0.460 e. The van der Waals surface area contributed by atoms with Gasteiger partial charge in [0.05, 0.1) is 6.61 Å². The summed E-state index contributed by atoms with van der Waals surface area (Å²) < 4.78 is 10.2. The summed E-state index contributed by atoms with van der Waals surface area (Å²) in [6.07, 6.45) is 0. The van der Waals surface area contributed by atoms with E-state index in [-0.39, 0.29) is 22.5 Å². The quantitative estimate of drug-likeness (QED) is 0.596. The number of rotatable bonds is 6. The number of aromatic nitrogens is 2. The zero-order valence-electron chi connectivity index (χ0n) is 10.2. The van der Waals surface area contributed by atoms with Crippen LogP contribution in [0.5, 0.6) is 0 Å². The average molecular weight is 293 g/mol. The van der Waals surface area contributed by atoms with Crippen molar-refractivity contribution in [3.8, 4) is 0 Å². The van der Waals surface area contributed by atoms with Gasteiger partial charge >= 0.3 is 5.97 Å². The normalized spacial score (nSPS) is 10.7. The van der Waals surface area contributed by atoms with Crippen molar-refractivity contribution in [2.45, 2.75) is 13.8 Å². The highest BCUT2D eigenvalue weighted by molar-refractivity contribution is 6.33. The summed E-state index contributed by atoms with van der Waals surface area (Å²) in [4.78, 5) is 11.6. The molecule has 0 aliphatic rings. The number of nitrogens with zero attached hydrogens (tertiary/aromatic N) is 2. The fourth-order valence-electron chi connectivity index (χ4n) is 1.09. The molecule has 1 heterocycles. The van der Waals surface area contributed by atoms with Crippen LogP contribution >= 0.6 is 23.2 Å². The Labute approximate surface area is 115 Å². The molecular formula is C11H14Cl2N2O3. The second kappa shape index (κ2) is 7.51. The molecule has 0 saturated carbocycles. The van der Waals surface area contributed by atoms with Gasteiger partial charge in [-0.3, -0.25) is 0 Å². The lowest BCUT2D eigenvalue weighted by Gasteiger charge is -2.08. The first kappa shape index (κ1) is 15.1. The molecule has 0 unspecified atom stereocenters. The van der Waals surface area contributed by atoms with Crippen molar-refractivity contribution < 1.29 is 14.3 Å². The molecule has 0 aliphatic heterocycles. The highest BCUT2D eigenvalue weighted by atomic mass is 35.5. The predicted octanol–water partition coefficient (Wildman–Crippen LogP) is 2.61. The lowest BCUT2D eigenvalue weighted by molar-refractivity contribution is 0.0277. The van der Waals surface area contributed by atoms with Crippen LogP contribution in [0.2, 0.25) is 10.3 Å². The van der Waals surface area contributed by atoms with E-state index >= 15 is 0 Å².